The van der Waals surface area contributed by atoms with Gasteiger partial charge < -0.3 is 9.64 Å². The normalized spacial score (nSPS) is 16.6. The molecule has 0 unspecified atom stereocenters. The van der Waals surface area contributed by atoms with Crippen LogP contribution in [0.1, 0.15) is 24.2 Å². The van der Waals surface area contributed by atoms with Gasteiger partial charge in [-0.3, -0.25) is 4.90 Å². The molecule has 0 aliphatic carbocycles. The van der Waals surface area contributed by atoms with Crippen molar-refractivity contribution in [3.05, 3.63) is 29.6 Å². The number of benzene rings is 1. The zero-order valence-corrected chi connectivity index (χ0v) is 12.2. The van der Waals surface area contributed by atoms with E-state index in [0.717, 1.165) is 31.9 Å². The second kappa shape index (κ2) is 6.22. The summed E-state index contributed by atoms with van der Waals surface area (Å²) >= 11 is 0. The summed E-state index contributed by atoms with van der Waals surface area (Å²) < 4.78 is 18.5. The van der Waals surface area contributed by atoms with Gasteiger partial charge in [0.15, 0.2) is 0 Å². The van der Waals surface area contributed by atoms with Gasteiger partial charge in [-0.05, 0) is 32.0 Å². The first-order valence-electron chi connectivity index (χ1n) is 6.89. The van der Waals surface area contributed by atoms with E-state index in [1.807, 2.05) is 0 Å². The maximum atomic E-state index is 13.9. The molecule has 0 amide bonds. The lowest BCUT2D eigenvalue weighted by molar-refractivity contribution is 0.0595. The van der Waals surface area contributed by atoms with Crippen LogP contribution in [0.25, 0.3) is 0 Å². The first kappa shape index (κ1) is 14.8. The maximum absolute atomic E-state index is 13.9. The van der Waals surface area contributed by atoms with Crippen LogP contribution in [0.3, 0.4) is 0 Å². The highest BCUT2D eigenvalue weighted by Crippen LogP contribution is 2.21. The van der Waals surface area contributed by atoms with Gasteiger partial charge in [0.25, 0.3) is 0 Å². The second-order valence-corrected chi connectivity index (χ2v) is 5.27. The number of anilines is 1. The van der Waals surface area contributed by atoms with E-state index in [1.165, 1.54) is 19.2 Å². The molecule has 1 aromatic rings. The monoisotopic (exact) mass is 280 g/mol. The lowest BCUT2D eigenvalue weighted by Crippen LogP contribution is -2.48. The fraction of sp³-hybridized carbons (Fsp3) is 0.533. The highest BCUT2D eigenvalue weighted by atomic mass is 19.1. The fourth-order valence-electron chi connectivity index (χ4n) is 2.47. The van der Waals surface area contributed by atoms with Crippen molar-refractivity contribution in [3.8, 4) is 0 Å². The highest BCUT2D eigenvalue weighted by molar-refractivity contribution is 5.90. The summed E-state index contributed by atoms with van der Waals surface area (Å²) in [6.45, 7) is 8.04. The molecule has 0 radical (unpaired) electrons. The average Bonchev–Trinajstić information content (AvgIpc) is 2.46. The first-order chi connectivity index (χ1) is 9.52. The number of rotatable bonds is 3. The molecule has 1 aliphatic heterocycles. The van der Waals surface area contributed by atoms with E-state index in [1.54, 1.807) is 6.07 Å². The summed E-state index contributed by atoms with van der Waals surface area (Å²) in [5.74, 6) is -1.17. The molecule has 0 saturated carbocycles. The zero-order valence-electron chi connectivity index (χ0n) is 12.2. The molecule has 1 aliphatic rings. The zero-order chi connectivity index (χ0) is 14.7. The Bertz CT molecular complexity index is 483. The molecule has 0 atom stereocenters. The largest absolute Gasteiger partial charge is 0.465 e. The summed E-state index contributed by atoms with van der Waals surface area (Å²) in [4.78, 5) is 15.9. The van der Waals surface area contributed by atoms with Crippen LogP contribution in [-0.4, -0.2) is 50.2 Å². The fourth-order valence-corrected chi connectivity index (χ4v) is 2.47. The van der Waals surface area contributed by atoms with Crippen LogP contribution in [0.15, 0.2) is 18.2 Å². The van der Waals surface area contributed by atoms with E-state index in [2.05, 4.69) is 28.4 Å². The predicted molar refractivity (Wildman–Crippen MR) is 76.7 cm³/mol. The van der Waals surface area contributed by atoms with Gasteiger partial charge in [-0.15, -0.1) is 0 Å². The average molecular weight is 280 g/mol. The van der Waals surface area contributed by atoms with Crippen LogP contribution in [-0.2, 0) is 4.74 Å². The standard InChI is InChI=1S/C15H21FN2O2/c1-11(2)17-6-8-18(9-7-17)12-4-5-13(14(16)10-12)15(19)20-3/h4-5,10-11H,6-9H2,1-3H3. The Hall–Kier alpha value is -1.62. The van der Waals surface area contributed by atoms with E-state index in [4.69, 9.17) is 0 Å². The molecule has 1 fully saturated rings. The van der Waals surface area contributed by atoms with Crippen molar-refractivity contribution < 1.29 is 13.9 Å². The van der Waals surface area contributed by atoms with Crippen molar-refractivity contribution in [3.63, 3.8) is 0 Å². The van der Waals surface area contributed by atoms with E-state index < -0.39 is 11.8 Å². The van der Waals surface area contributed by atoms with Crippen molar-refractivity contribution in [2.45, 2.75) is 19.9 Å². The van der Waals surface area contributed by atoms with Crippen LogP contribution in [0.4, 0.5) is 10.1 Å². The van der Waals surface area contributed by atoms with Gasteiger partial charge in [-0.25, -0.2) is 9.18 Å². The number of nitrogens with zero attached hydrogens (tertiary/aromatic N) is 2. The van der Waals surface area contributed by atoms with Gasteiger partial charge in [-0.2, -0.15) is 0 Å². The van der Waals surface area contributed by atoms with E-state index in [0.29, 0.717) is 6.04 Å². The van der Waals surface area contributed by atoms with Crippen molar-refractivity contribution in [2.75, 3.05) is 38.2 Å². The minimum Gasteiger partial charge on any atom is -0.465 e. The van der Waals surface area contributed by atoms with E-state index >= 15 is 0 Å². The summed E-state index contributed by atoms with van der Waals surface area (Å²) in [7, 11) is 1.25. The predicted octanol–water partition coefficient (Wildman–Crippen LogP) is 2.14. The molecule has 5 heteroatoms. The molecule has 0 bridgehead atoms. The number of methoxy groups -OCH3 is 1. The number of hydrogen-bond donors (Lipinski definition) is 0. The summed E-state index contributed by atoms with van der Waals surface area (Å²) in [6.07, 6.45) is 0. The number of ether oxygens (including phenoxy) is 1. The molecule has 0 aromatic heterocycles. The molecule has 20 heavy (non-hydrogen) atoms. The molecule has 0 N–H and O–H groups in total. The van der Waals surface area contributed by atoms with Crippen LogP contribution in [0, 0.1) is 5.82 Å². The van der Waals surface area contributed by atoms with E-state index in [-0.39, 0.29) is 5.56 Å². The van der Waals surface area contributed by atoms with E-state index in [9.17, 15) is 9.18 Å². The molecular formula is C15H21FN2O2. The third-order valence-electron chi connectivity index (χ3n) is 3.77. The minimum atomic E-state index is -0.640. The van der Waals surface area contributed by atoms with Crippen LogP contribution in [0.2, 0.25) is 0 Å². The van der Waals surface area contributed by atoms with Crippen molar-refractivity contribution >= 4 is 11.7 Å². The smallest absolute Gasteiger partial charge is 0.340 e. The van der Waals surface area contributed by atoms with Gasteiger partial charge in [0.05, 0.1) is 12.7 Å². The molecule has 4 nitrogen and oxygen atoms in total. The Balaban J connectivity index is 2.08. The topological polar surface area (TPSA) is 32.8 Å². The Morgan fingerprint density at radius 2 is 1.90 bits per heavy atom. The van der Waals surface area contributed by atoms with Crippen LogP contribution < -0.4 is 4.90 Å². The molecule has 2 rings (SSSR count). The molecule has 110 valence electrons. The summed E-state index contributed by atoms with van der Waals surface area (Å²) in [5.41, 5.74) is 0.802. The molecular weight excluding hydrogens is 259 g/mol. The quantitative estimate of drug-likeness (QED) is 0.794. The lowest BCUT2D eigenvalue weighted by atomic mass is 10.1. The maximum Gasteiger partial charge on any atom is 0.340 e. The SMILES string of the molecule is COC(=O)c1ccc(N2CCN(C(C)C)CC2)cc1F. The van der Waals surface area contributed by atoms with Crippen molar-refractivity contribution in [1.29, 1.82) is 0 Å². The number of esters is 1. The molecule has 1 saturated heterocycles. The third-order valence-corrected chi connectivity index (χ3v) is 3.77. The Labute approximate surface area is 119 Å². The second-order valence-electron chi connectivity index (χ2n) is 5.27. The first-order valence-corrected chi connectivity index (χ1v) is 6.89. The van der Waals surface area contributed by atoms with Gasteiger partial charge in [0.1, 0.15) is 5.82 Å². The van der Waals surface area contributed by atoms with Gasteiger partial charge in [0.2, 0.25) is 0 Å². The molecule has 1 heterocycles. The number of halogens is 1. The summed E-state index contributed by atoms with van der Waals surface area (Å²) in [5, 5.41) is 0. The molecule has 0 spiro atoms. The highest BCUT2D eigenvalue weighted by Gasteiger charge is 2.20. The Morgan fingerprint density at radius 1 is 1.25 bits per heavy atom. The molecule has 1 aromatic carbocycles. The van der Waals surface area contributed by atoms with Crippen molar-refractivity contribution in [1.82, 2.24) is 4.90 Å². The van der Waals surface area contributed by atoms with Crippen LogP contribution >= 0.6 is 0 Å². The number of hydrogen-bond acceptors (Lipinski definition) is 4. The van der Waals surface area contributed by atoms with Crippen molar-refractivity contribution in [2.24, 2.45) is 0 Å². The summed E-state index contributed by atoms with van der Waals surface area (Å²) in [6, 6.07) is 5.22. The number of carbonyl (C=O) groups excluding carboxylic acids is 1. The lowest BCUT2D eigenvalue weighted by Gasteiger charge is -2.38. The minimum absolute atomic E-state index is 0.0166. The Morgan fingerprint density at radius 3 is 2.40 bits per heavy atom. The van der Waals surface area contributed by atoms with Crippen LogP contribution in [0.5, 0.6) is 0 Å². The Kier molecular flexibility index (Phi) is 4.60. The van der Waals surface area contributed by atoms with Gasteiger partial charge >= 0.3 is 5.97 Å². The van der Waals surface area contributed by atoms with Gasteiger partial charge in [0, 0.05) is 37.9 Å². The third kappa shape index (κ3) is 3.10. The number of piperazine rings is 1. The van der Waals surface area contributed by atoms with Gasteiger partial charge in [-0.1, -0.05) is 0 Å². The number of carbonyl (C=O) groups is 1.